The van der Waals surface area contributed by atoms with Crippen LogP contribution in [0.25, 0.3) is 0 Å². The summed E-state index contributed by atoms with van der Waals surface area (Å²) in [5.74, 6) is 4.29. The molecule has 0 amide bonds. The number of rotatable bonds is 3. The molecule has 4 nitrogen and oxygen atoms in total. The van der Waals surface area contributed by atoms with E-state index in [1.54, 1.807) is 0 Å². The van der Waals surface area contributed by atoms with E-state index in [-0.39, 0.29) is 0 Å². The fourth-order valence-electron chi connectivity index (χ4n) is 2.65. The van der Waals surface area contributed by atoms with Crippen molar-refractivity contribution in [2.45, 2.75) is 52.1 Å². The number of nitrogens with zero attached hydrogens (tertiary/aromatic N) is 3. The minimum Gasteiger partial charge on any atom is -0.312 e. The molecule has 0 saturated heterocycles. The van der Waals surface area contributed by atoms with Gasteiger partial charge < -0.3 is 9.88 Å². The molecular weight excluding hydrogens is 212 g/mol. The Balaban J connectivity index is 1.93. The molecule has 1 fully saturated rings. The monoisotopic (exact) mass is 234 g/mol. The van der Waals surface area contributed by atoms with E-state index in [0.717, 1.165) is 19.0 Å². The maximum atomic E-state index is 4.45. The first-order chi connectivity index (χ1) is 8.18. The second-order valence-corrected chi connectivity index (χ2v) is 5.87. The molecule has 0 bridgehead atoms. The minimum absolute atomic E-state index is 0.462. The standard InChI is InChI=1S/C13H22N4/c1-8(2)9(3)12-15-16-13-11(10-4-5-10)14-6-7-17(12)13/h8-11,14H,4-7H2,1-3H3. The van der Waals surface area contributed by atoms with Gasteiger partial charge in [-0.2, -0.15) is 0 Å². The Hall–Kier alpha value is -0.900. The Morgan fingerprint density at radius 2 is 2.00 bits per heavy atom. The predicted molar refractivity (Wildman–Crippen MR) is 66.7 cm³/mol. The first kappa shape index (κ1) is 11.2. The molecule has 1 aliphatic carbocycles. The molecule has 2 unspecified atom stereocenters. The van der Waals surface area contributed by atoms with Gasteiger partial charge in [-0.1, -0.05) is 20.8 Å². The molecule has 3 rings (SSSR count). The smallest absolute Gasteiger partial charge is 0.150 e. The van der Waals surface area contributed by atoms with Gasteiger partial charge in [-0.3, -0.25) is 0 Å². The molecule has 0 spiro atoms. The molecule has 2 aliphatic rings. The number of hydrogen-bond donors (Lipinski definition) is 1. The first-order valence-electron chi connectivity index (χ1n) is 6.85. The average molecular weight is 234 g/mol. The highest BCUT2D eigenvalue weighted by Crippen LogP contribution is 2.41. The summed E-state index contributed by atoms with van der Waals surface area (Å²) in [6.45, 7) is 8.86. The number of fused-ring (bicyclic) bond motifs is 1. The molecule has 94 valence electrons. The van der Waals surface area contributed by atoms with Crippen molar-refractivity contribution >= 4 is 0 Å². The van der Waals surface area contributed by atoms with Crippen molar-refractivity contribution < 1.29 is 0 Å². The van der Waals surface area contributed by atoms with E-state index in [1.165, 1.54) is 24.5 Å². The Bertz CT molecular complexity index is 392. The molecule has 17 heavy (non-hydrogen) atoms. The quantitative estimate of drug-likeness (QED) is 0.871. The summed E-state index contributed by atoms with van der Waals surface area (Å²) in [5.41, 5.74) is 0. The molecule has 2 heterocycles. The lowest BCUT2D eigenvalue weighted by Crippen LogP contribution is -2.35. The van der Waals surface area contributed by atoms with Crippen LogP contribution in [0.1, 0.15) is 57.2 Å². The predicted octanol–water partition coefficient (Wildman–Crippen LogP) is 2.09. The largest absolute Gasteiger partial charge is 0.312 e. The fraction of sp³-hybridized carbons (Fsp3) is 0.846. The van der Waals surface area contributed by atoms with E-state index in [9.17, 15) is 0 Å². The Labute approximate surface area is 103 Å². The van der Waals surface area contributed by atoms with Crippen molar-refractivity contribution in [3.05, 3.63) is 11.6 Å². The summed E-state index contributed by atoms with van der Waals surface area (Å²) in [4.78, 5) is 0. The minimum atomic E-state index is 0.462. The van der Waals surface area contributed by atoms with Crippen LogP contribution < -0.4 is 5.32 Å². The van der Waals surface area contributed by atoms with Crippen molar-refractivity contribution in [1.82, 2.24) is 20.1 Å². The van der Waals surface area contributed by atoms with Crippen molar-refractivity contribution in [3.63, 3.8) is 0 Å². The van der Waals surface area contributed by atoms with Crippen LogP contribution in [0.2, 0.25) is 0 Å². The molecule has 1 aromatic rings. The molecule has 1 saturated carbocycles. The average Bonchev–Trinajstić information content (AvgIpc) is 3.07. The molecule has 0 radical (unpaired) electrons. The lowest BCUT2D eigenvalue weighted by atomic mass is 9.97. The molecule has 1 N–H and O–H groups in total. The van der Waals surface area contributed by atoms with E-state index >= 15 is 0 Å². The third-order valence-electron chi connectivity index (χ3n) is 4.29. The second-order valence-electron chi connectivity index (χ2n) is 5.87. The molecule has 1 aliphatic heterocycles. The van der Waals surface area contributed by atoms with Crippen molar-refractivity contribution in [2.75, 3.05) is 6.54 Å². The zero-order valence-corrected chi connectivity index (χ0v) is 11.0. The normalized spacial score (nSPS) is 26.0. The van der Waals surface area contributed by atoms with Gasteiger partial charge in [0.2, 0.25) is 0 Å². The summed E-state index contributed by atoms with van der Waals surface area (Å²) < 4.78 is 2.37. The molecule has 4 heteroatoms. The van der Waals surface area contributed by atoms with E-state index in [4.69, 9.17) is 0 Å². The van der Waals surface area contributed by atoms with Gasteiger partial charge in [-0.15, -0.1) is 10.2 Å². The highest BCUT2D eigenvalue weighted by molar-refractivity contribution is 5.11. The number of aromatic nitrogens is 3. The Morgan fingerprint density at radius 1 is 1.24 bits per heavy atom. The fourth-order valence-corrected chi connectivity index (χ4v) is 2.65. The van der Waals surface area contributed by atoms with Crippen LogP contribution in [0, 0.1) is 11.8 Å². The zero-order chi connectivity index (χ0) is 12.0. The zero-order valence-electron chi connectivity index (χ0n) is 11.0. The summed E-state index contributed by atoms with van der Waals surface area (Å²) in [5, 5.41) is 12.5. The van der Waals surface area contributed by atoms with Gasteiger partial charge >= 0.3 is 0 Å². The Kier molecular flexibility index (Phi) is 2.69. The van der Waals surface area contributed by atoms with Crippen LogP contribution in [-0.4, -0.2) is 21.3 Å². The van der Waals surface area contributed by atoms with Crippen molar-refractivity contribution in [3.8, 4) is 0 Å². The topological polar surface area (TPSA) is 42.7 Å². The highest BCUT2D eigenvalue weighted by atomic mass is 15.3. The van der Waals surface area contributed by atoms with Gasteiger partial charge in [0.1, 0.15) is 5.82 Å². The van der Waals surface area contributed by atoms with Crippen LogP contribution in [0.3, 0.4) is 0 Å². The van der Waals surface area contributed by atoms with Gasteiger partial charge in [0.15, 0.2) is 5.82 Å². The number of nitrogens with one attached hydrogen (secondary N) is 1. The van der Waals surface area contributed by atoms with E-state index in [1.807, 2.05) is 0 Å². The second kappa shape index (κ2) is 4.09. The lowest BCUT2D eigenvalue weighted by molar-refractivity contribution is 0.367. The summed E-state index contributed by atoms with van der Waals surface area (Å²) in [6.07, 6.45) is 2.69. The maximum Gasteiger partial charge on any atom is 0.150 e. The van der Waals surface area contributed by atoms with Crippen LogP contribution in [-0.2, 0) is 6.54 Å². The number of hydrogen-bond acceptors (Lipinski definition) is 3. The van der Waals surface area contributed by atoms with E-state index < -0.39 is 0 Å². The van der Waals surface area contributed by atoms with Crippen LogP contribution >= 0.6 is 0 Å². The van der Waals surface area contributed by atoms with Gasteiger partial charge in [0.05, 0.1) is 6.04 Å². The van der Waals surface area contributed by atoms with Crippen LogP contribution in [0.5, 0.6) is 0 Å². The third kappa shape index (κ3) is 1.88. The highest BCUT2D eigenvalue weighted by Gasteiger charge is 2.38. The molecule has 2 atom stereocenters. The maximum absolute atomic E-state index is 4.45. The lowest BCUT2D eigenvalue weighted by Gasteiger charge is -2.26. The van der Waals surface area contributed by atoms with Gasteiger partial charge in [0, 0.05) is 19.0 Å². The van der Waals surface area contributed by atoms with Crippen molar-refractivity contribution in [1.29, 1.82) is 0 Å². The SMILES string of the molecule is CC(C)C(C)c1nnc2n1CCNC2C1CC1. The van der Waals surface area contributed by atoms with Gasteiger partial charge in [-0.05, 0) is 24.7 Å². The molecular formula is C13H22N4. The summed E-state index contributed by atoms with van der Waals surface area (Å²) in [7, 11) is 0. The van der Waals surface area contributed by atoms with E-state index in [0.29, 0.717) is 17.9 Å². The third-order valence-corrected chi connectivity index (χ3v) is 4.29. The van der Waals surface area contributed by atoms with E-state index in [2.05, 4.69) is 40.9 Å². The van der Waals surface area contributed by atoms with Gasteiger partial charge in [0.25, 0.3) is 0 Å². The molecule has 0 aromatic carbocycles. The molecule has 1 aromatic heterocycles. The first-order valence-corrected chi connectivity index (χ1v) is 6.85. The Morgan fingerprint density at radius 3 is 2.65 bits per heavy atom. The van der Waals surface area contributed by atoms with Gasteiger partial charge in [-0.25, -0.2) is 0 Å². The van der Waals surface area contributed by atoms with Crippen molar-refractivity contribution in [2.24, 2.45) is 11.8 Å². The van der Waals surface area contributed by atoms with Crippen LogP contribution in [0.15, 0.2) is 0 Å². The summed E-state index contributed by atoms with van der Waals surface area (Å²) in [6, 6.07) is 0.462. The van der Waals surface area contributed by atoms with Crippen LogP contribution in [0.4, 0.5) is 0 Å². The summed E-state index contributed by atoms with van der Waals surface area (Å²) >= 11 is 0.